The summed E-state index contributed by atoms with van der Waals surface area (Å²) >= 11 is 0. The lowest BCUT2D eigenvalue weighted by Crippen LogP contribution is -2.43. The topological polar surface area (TPSA) is 32.8 Å². The zero-order chi connectivity index (χ0) is 18.8. The van der Waals surface area contributed by atoms with Gasteiger partial charge in [-0.2, -0.15) is 0 Å². The van der Waals surface area contributed by atoms with E-state index >= 15 is 0 Å². The minimum atomic E-state index is -0.192. The SMILES string of the molecule is CN(C)c1ccccc1C1=CC2CCC(C1)N2C(=O)OCc1ccccc1. The van der Waals surface area contributed by atoms with Gasteiger partial charge >= 0.3 is 6.09 Å². The number of rotatable bonds is 4. The summed E-state index contributed by atoms with van der Waals surface area (Å²) in [5, 5.41) is 0. The van der Waals surface area contributed by atoms with E-state index in [4.69, 9.17) is 4.74 Å². The van der Waals surface area contributed by atoms with Gasteiger partial charge in [0.15, 0.2) is 0 Å². The molecular weight excluding hydrogens is 336 g/mol. The Morgan fingerprint density at radius 3 is 2.56 bits per heavy atom. The van der Waals surface area contributed by atoms with Gasteiger partial charge in [0.05, 0.1) is 6.04 Å². The molecule has 2 aliphatic heterocycles. The Morgan fingerprint density at radius 1 is 1.07 bits per heavy atom. The summed E-state index contributed by atoms with van der Waals surface area (Å²) in [6, 6.07) is 18.7. The van der Waals surface area contributed by atoms with Crippen LogP contribution in [-0.4, -0.2) is 37.2 Å². The third-order valence-electron chi connectivity index (χ3n) is 5.54. The van der Waals surface area contributed by atoms with Crippen LogP contribution in [0.15, 0.2) is 60.7 Å². The van der Waals surface area contributed by atoms with Crippen molar-refractivity contribution in [2.24, 2.45) is 0 Å². The number of hydrogen-bond donors (Lipinski definition) is 0. The maximum absolute atomic E-state index is 12.7. The normalized spacial score (nSPS) is 21.0. The van der Waals surface area contributed by atoms with Crippen LogP contribution in [0.5, 0.6) is 0 Å². The maximum Gasteiger partial charge on any atom is 0.410 e. The van der Waals surface area contributed by atoms with Crippen molar-refractivity contribution in [2.75, 3.05) is 19.0 Å². The molecule has 0 spiro atoms. The molecule has 4 nitrogen and oxygen atoms in total. The maximum atomic E-state index is 12.7. The van der Waals surface area contributed by atoms with Gasteiger partial charge in [-0.3, -0.25) is 4.90 Å². The van der Waals surface area contributed by atoms with Gasteiger partial charge < -0.3 is 9.64 Å². The van der Waals surface area contributed by atoms with Crippen LogP contribution in [0.2, 0.25) is 0 Å². The molecule has 2 atom stereocenters. The van der Waals surface area contributed by atoms with Crippen LogP contribution in [-0.2, 0) is 11.3 Å². The number of carbonyl (C=O) groups is 1. The average molecular weight is 362 g/mol. The third kappa shape index (κ3) is 3.57. The highest BCUT2D eigenvalue weighted by atomic mass is 16.6. The molecule has 0 aromatic heterocycles. The molecule has 1 saturated heterocycles. The fraction of sp³-hybridized carbons (Fsp3) is 0.348. The first kappa shape index (κ1) is 17.7. The Morgan fingerprint density at radius 2 is 1.81 bits per heavy atom. The van der Waals surface area contributed by atoms with Crippen LogP contribution in [0.3, 0.4) is 0 Å². The van der Waals surface area contributed by atoms with Crippen LogP contribution < -0.4 is 4.90 Å². The highest BCUT2D eigenvalue weighted by Crippen LogP contribution is 2.41. The number of amides is 1. The first-order valence-corrected chi connectivity index (χ1v) is 9.60. The molecule has 2 aliphatic rings. The summed E-state index contributed by atoms with van der Waals surface area (Å²) in [4.78, 5) is 16.8. The van der Waals surface area contributed by atoms with Gasteiger partial charge in [0.1, 0.15) is 6.61 Å². The molecule has 0 N–H and O–H groups in total. The first-order valence-electron chi connectivity index (χ1n) is 9.60. The Bertz CT molecular complexity index is 844. The van der Waals surface area contributed by atoms with Crippen molar-refractivity contribution in [3.63, 3.8) is 0 Å². The smallest absolute Gasteiger partial charge is 0.410 e. The van der Waals surface area contributed by atoms with E-state index in [1.54, 1.807) is 0 Å². The van der Waals surface area contributed by atoms with E-state index in [0.717, 1.165) is 24.8 Å². The minimum Gasteiger partial charge on any atom is -0.445 e. The minimum absolute atomic E-state index is 0.136. The number of hydrogen-bond acceptors (Lipinski definition) is 3. The monoisotopic (exact) mass is 362 g/mol. The molecule has 140 valence electrons. The van der Waals surface area contributed by atoms with Crippen molar-refractivity contribution >= 4 is 17.4 Å². The van der Waals surface area contributed by atoms with E-state index in [0.29, 0.717) is 6.61 Å². The lowest BCUT2D eigenvalue weighted by Gasteiger charge is -2.34. The molecule has 27 heavy (non-hydrogen) atoms. The molecule has 2 aromatic rings. The zero-order valence-electron chi connectivity index (χ0n) is 16.0. The van der Waals surface area contributed by atoms with E-state index in [9.17, 15) is 4.79 Å². The zero-order valence-corrected chi connectivity index (χ0v) is 16.0. The molecule has 0 saturated carbocycles. The van der Waals surface area contributed by atoms with Crippen molar-refractivity contribution in [2.45, 2.75) is 38.0 Å². The first-order chi connectivity index (χ1) is 13.1. The molecule has 4 heteroatoms. The quantitative estimate of drug-likeness (QED) is 0.790. The van der Waals surface area contributed by atoms with E-state index in [-0.39, 0.29) is 18.2 Å². The Balaban J connectivity index is 1.50. The number of para-hydroxylation sites is 1. The van der Waals surface area contributed by atoms with E-state index in [2.05, 4.69) is 49.3 Å². The summed E-state index contributed by atoms with van der Waals surface area (Å²) < 4.78 is 5.60. The van der Waals surface area contributed by atoms with Gasteiger partial charge in [-0.1, -0.05) is 54.6 Å². The standard InChI is InChI=1S/C23H26N2O2/c1-24(2)22-11-7-6-10-21(22)18-14-19-12-13-20(15-18)25(19)23(26)27-16-17-8-4-3-5-9-17/h3-11,14,19-20H,12-13,15-16H2,1-2H3. The number of nitrogens with zero attached hydrogens (tertiary/aromatic N) is 2. The lowest BCUT2D eigenvalue weighted by molar-refractivity contribution is 0.0832. The van der Waals surface area contributed by atoms with E-state index in [1.807, 2.05) is 35.2 Å². The second-order valence-corrected chi connectivity index (χ2v) is 7.55. The van der Waals surface area contributed by atoms with Crippen LogP contribution in [0, 0.1) is 0 Å². The molecule has 4 rings (SSSR count). The molecule has 0 aliphatic carbocycles. The molecule has 2 bridgehead atoms. The van der Waals surface area contributed by atoms with Gasteiger partial charge in [-0.05, 0) is 36.5 Å². The van der Waals surface area contributed by atoms with E-state index < -0.39 is 0 Å². The fourth-order valence-electron chi connectivity index (χ4n) is 4.24. The Labute approximate surface area is 161 Å². The number of benzene rings is 2. The van der Waals surface area contributed by atoms with Crippen molar-refractivity contribution < 1.29 is 9.53 Å². The molecule has 2 unspecified atom stereocenters. The summed E-state index contributed by atoms with van der Waals surface area (Å²) in [6.45, 7) is 0.329. The van der Waals surface area contributed by atoms with Gasteiger partial charge in [0.2, 0.25) is 0 Å². The second-order valence-electron chi connectivity index (χ2n) is 7.55. The van der Waals surface area contributed by atoms with Gasteiger partial charge in [-0.25, -0.2) is 4.79 Å². The number of anilines is 1. The summed E-state index contributed by atoms with van der Waals surface area (Å²) in [5.74, 6) is 0. The summed E-state index contributed by atoms with van der Waals surface area (Å²) in [5.41, 5.74) is 4.87. The summed E-state index contributed by atoms with van der Waals surface area (Å²) in [7, 11) is 4.15. The molecule has 2 aromatic carbocycles. The number of carbonyl (C=O) groups excluding carboxylic acids is 1. The van der Waals surface area contributed by atoms with Crippen molar-refractivity contribution in [3.8, 4) is 0 Å². The largest absolute Gasteiger partial charge is 0.445 e. The van der Waals surface area contributed by atoms with Gasteiger partial charge in [0.25, 0.3) is 0 Å². The average Bonchev–Trinajstić information content (AvgIpc) is 2.96. The fourth-order valence-corrected chi connectivity index (χ4v) is 4.24. The number of fused-ring (bicyclic) bond motifs is 2. The predicted molar refractivity (Wildman–Crippen MR) is 109 cm³/mol. The predicted octanol–water partition coefficient (Wildman–Crippen LogP) is 4.71. The molecule has 1 amide bonds. The van der Waals surface area contributed by atoms with Crippen molar-refractivity contribution in [1.82, 2.24) is 4.90 Å². The highest BCUT2D eigenvalue weighted by molar-refractivity contribution is 5.80. The highest BCUT2D eigenvalue weighted by Gasteiger charge is 2.40. The van der Waals surface area contributed by atoms with Gasteiger partial charge in [0, 0.05) is 31.4 Å². The Kier molecular flexibility index (Phi) is 4.88. The van der Waals surface area contributed by atoms with Crippen LogP contribution in [0.25, 0.3) is 5.57 Å². The van der Waals surface area contributed by atoms with Crippen LogP contribution >= 0.6 is 0 Å². The van der Waals surface area contributed by atoms with Crippen molar-refractivity contribution in [3.05, 3.63) is 71.8 Å². The van der Waals surface area contributed by atoms with Crippen molar-refractivity contribution in [1.29, 1.82) is 0 Å². The lowest BCUT2D eigenvalue weighted by atomic mass is 9.93. The second kappa shape index (κ2) is 7.47. The molecule has 1 fully saturated rings. The van der Waals surface area contributed by atoms with Crippen LogP contribution in [0.4, 0.5) is 10.5 Å². The van der Waals surface area contributed by atoms with E-state index in [1.165, 1.54) is 16.8 Å². The summed E-state index contributed by atoms with van der Waals surface area (Å²) in [6.07, 6.45) is 5.02. The third-order valence-corrected chi connectivity index (χ3v) is 5.54. The van der Waals surface area contributed by atoms with Gasteiger partial charge in [-0.15, -0.1) is 0 Å². The van der Waals surface area contributed by atoms with Crippen LogP contribution in [0.1, 0.15) is 30.4 Å². The Hall–Kier alpha value is -2.75. The number of ether oxygens (including phenoxy) is 1. The molecule has 0 radical (unpaired) electrons. The molecule has 2 heterocycles. The molecular formula is C23H26N2O2.